The highest BCUT2D eigenvalue weighted by Crippen LogP contribution is 2.28. The van der Waals surface area contributed by atoms with Crippen molar-refractivity contribution in [1.82, 2.24) is 20.1 Å². The number of carbonyl (C=O) groups is 1. The van der Waals surface area contributed by atoms with Gasteiger partial charge in [-0.25, -0.2) is 0 Å². The lowest BCUT2D eigenvalue weighted by molar-refractivity contribution is -0.121. The number of aliphatic hydroxyl groups is 1. The first-order valence-electron chi connectivity index (χ1n) is 9.88. The Balaban J connectivity index is 1.53. The van der Waals surface area contributed by atoms with E-state index in [0.29, 0.717) is 30.9 Å². The summed E-state index contributed by atoms with van der Waals surface area (Å²) in [6.45, 7) is 4.47. The molecule has 0 aliphatic heterocycles. The highest BCUT2D eigenvalue weighted by Gasteiger charge is 2.24. The van der Waals surface area contributed by atoms with Gasteiger partial charge in [0, 0.05) is 31.0 Å². The lowest BCUT2D eigenvalue weighted by Gasteiger charge is -2.14. The zero-order valence-corrected chi connectivity index (χ0v) is 16.5. The average Bonchev–Trinajstić information content (AvgIpc) is 3.14. The quantitative estimate of drug-likeness (QED) is 0.644. The van der Waals surface area contributed by atoms with Gasteiger partial charge in [0.2, 0.25) is 5.91 Å². The molecule has 3 N–H and O–H groups in total. The summed E-state index contributed by atoms with van der Waals surface area (Å²) < 4.78 is 1.68. The van der Waals surface area contributed by atoms with Crippen LogP contribution < -0.4 is 10.9 Å². The first kappa shape index (κ1) is 19.6. The van der Waals surface area contributed by atoms with Crippen LogP contribution in [-0.2, 0) is 18.3 Å². The molecule has 1 saturated carbocycles. The lowest BCUT2D eigenvalue weighted by atomic mass is 9.99. The molecule has 1 aliphatic rings. The number of hydrogen-bond donors (Lipinski definition) is 3. The summed E-state index contributed by atoms with van der Waals surface area (Å²) in [7, 11) is 1.81. The Kier molecular flexibility index (Phi) is 5.99. The third-order valence-electron chi connectivity index (χ3n) is 5.85. The predicted molar refractivity (Wildman–Crippen MR) is 105 cm³/mol. The van der Waals surface area contributed by atoms with E-state index < -0.39 is 0 Å². The number of aryl methyl sites for hydroxylation is 3. The zero-order valence-electron chi connectivity index (χ0n) is 16.5. The summed E-state index contributed by atoms with van der Waals surface area (Å²) in [5.74, 6) is 0.348. The smallest absolute Gasteiger partial charge is 0.253 e. The van der Waals surface area contributed by atoms with Gasteiger partial charge in [0.25, 0.3) is 5.56 Å². The van der Waals surface area contributed by atoms with Crippen LogP contribution in [0.3, 0.4) is 0 Å². The number of aromatic amines is 1. The van der Waals surface area contributed by atoms with Crippen molar-refractivity contribution >= 4 is 16.9 Å². The Hall–Kier alpha value is -2.15. The van der Waals surface area contributed by atoms with Gasteiger partial charge in [0.15, 0.2) is 0 Å². The van der Waals surface area contributed by atoms with Gasteiger partial charge in [-0.2, -0.15) is 5.10 Å². The molecule has 7 nitrogen and oxygen atoms in total. The van der Waals surface area contributed by atoms with Gasteiger partial charge in [-0.15, -0.1) is 0 Å². The molecule has 0 unspecified atom stereocenters. The maximum absolute atomic E-state index is 12.4. The second-order valence-corrected chi connectivity index (χ2v) is 7.74. The number of aliphatic hydroxyl groups excluding tert-OH is 1. The number of nitrogens with one attached hydrogen (secondary N) is 2. The van der Waals surface area contributed by atoms with Gasteiger partial charge in [-0.05, 0) is 57.4 Å². The van der Waals surface area contributed by atoms with Gasteiger partial charge in [-0.1, -0.05) is 6.42 Å². The fourth-order valence-electron chi connectivity index (χ4n) is 4.33. The van der Waals surface area contributed by atoms with Crippen molar-refractivity contribution in [3.05, 3.63) is 27.2 Å². The minimum atomic E-state index is -0.166. The first-order valence-corrected chi connectivity index (χ1v) is 9.88. The van der Waals surface area contributed by atoms with E-state index in [0.717, 1.165) is 54.4 Å². The van der Waals surface area contributed by atoms with Gasteiger partial charge < -0.3 is 15.4 Å². The molecule has 0 radical (unpaired) electrons. The van der Waals surface area contributed by atoms with Crippen LogP contribution in [0.1, 0.15) is 55.3 Å². The van der Waals surface area contributed by atoms with Crippen LogP contribution in [0.15, 0.2) is 4.79 Å². The largest absolute Gasteiger partial charge is 0.393 e. The molecule has 0 spiro atoms. The maximum atomic E-state index is 12.4. The Morgan fingerprint density at radius 1 is 1.37 bits per heavy atom. The lowest BCUT2D eigenvalue weighted by Crippen LogP contribution is -2.26. The monoisotopic (exact) mass is 374 g/mol. The van der Waals surface area contributed by atoms with E-state index in [1.165, 1.54) is 0 Å². The number of hydrogen-bond acceptors (Lipinski definition) is 4. The Bertz CT molecular complexity index is 883. The fourth-order valence-corrected chi connectivity index (χ4v) is 4.33. The molecule has 27 heavy (non-hydrogen) atoms. The van der Waals surface area contributed by atoms with E-state index >= 15 is 0 Å². The van der Waals surface area contributed by atoms with Crippen LogP contribution in [0.4, 0.5) is 0 Å². The van der Waals surface area contributed by atoms with E-state index in [2.05, 4.69) is 15.4 Å². The highest BCUT2D eigenvalue weighted by atomic mass is 16.3. The molecule has 3 rings (SSSR count). The van der Waals surface area contributed by atoms with Crippen LogP contribution in [0.25, 0.3) is 11.0 Å². The predicted octanol–water partition coefficient (Wildman–Crippen LogP) is 1.87. The minimum absolute atomic E-state index is 0.0382. The van der Waals surface area contributed by atoms with Crippen molar-refractivity contribution in [3.8, 4) is 0 Å². The van der Waals surface area contributed by atoms with Gasteiger partial charge in [-0.3, -0.25) is 14.3 Å². The van der Waals surface area contributed by atoms with Gasteiger partial charge in [0.05, 0.1) is 11.8 Å². The molecule has 2 aromatic heterocycles. The van der Waals surface area contributed by atoms with Crippen LogP contribution >= 0.6 is 0 Å². The number of nitrogens with zero attached hydrogens (tertiary/aromatic N) is 2. The third-order valence-corrected chi connectivity index (χ3v) is 5.85. The average molecular weight is 374 g/mol. The van der Waals surface area contributed by atoms with E-state index in [1.54, 1.807) is 4.68 Å². The molecule has 0 aromatic carbocycles. The minimum Gasteiger partial charge on any atom is -0.393 e. The standard InChI is InChI=1S/C20H30N4O3/c1-12-15(20(27)22-19-18(12)13(2)23-24(19)3)9-10-17(26)21-11-5-7-14-6-4-8-16(14)25/h14,16,25H,4-11H2,1-3H3,(H,21,26)(H,22,27)/t14-,16-/m1/s1. The molecular weight excluding hydrogens is 344 g/mol. The van der Waals surface area contributed by atoms with E-state index in [1.807, 2.05) is 20.9 Å². The number of aromatic nitrogens is 3. The second kappa shape index (κ2) is 8.25. The van der Waals surface area contributed by atoms with Crippen LogP contribution in [0.5, 0.6) is 0 Å². The fraction of sp³-hybridized carbons (Fsp3) is 0.650. The summed E-state index contributed by atoms with van der Waals surface area (Å²) in [5.41, 5.74) is 3.01. The van der Waals surface area contributed by atoms with Crippen LogP contribution in [-0.4, -0.2) is 38.4 Å². The molecule has 1 fully saturated rings. The molecule has 7 heteroatoms. The number of carbonyl (C=O) groups excluding carboxylic acids is 1. The SMILES string of the molecule is Cc1nn(C)c2[nH]c(=O)c(CCC(=O)NCCC[C@H]3CCC[C@H]3O)c(C)c12. The number of fused-ring (bicyclic) bond motifs is 1. The van der Waals surface area contributed by atoms with E-state index in [9.17, 15) is 14.7 Å². The summed E-state index contributed by atoms with van der Waals surface area (Å²) in [6.07, 6.45) is 5.48. The topological polar surface area (TPSA) is 100 Å². The maximum Gasteiger partial charge on any atom is 0.253 e. The summed E-state index contributed by atoms with van der Waals surface area (Å²) in [4.78, 5) is 27.4. The molecule has 148 valence electrons. The van der Waals surface area contributed by atoms with Crippen molar-refractivity contribution in [1.29, 1.82) is 0 Å². The Labute approximate surface area is 159 Å². The van der Waals surface area contributed by atoms with Crippen molar-refractivity contribution in [2.24, 2.45) is 13.0 Å². The molecule has 2 aromatic rings. The van der Waals surface area contributed by atoms with E-state index in [-0.39, 0.29) is 17.6 Å². The Morgan fingerprint density at radius 2 is 2.15 bits per heavy atom. The third kappa shape index (κ3) is 4.24. The Morgan fingerprint density at radius 3 is 2.85 bits per heavy atom. The number of amides is 1. The number of H-pyrrole nitrogens is 1. The van der Waals surface area contributed by atoms with Crippen molar-refractivity contribution < 1.29 is 9.90 Å². The van der Waals surface area contributed by atoms with E-state index in [4.69, 9.17) is 0 Å². The molecule has 1 aliphatic carbocycles. The summed E-state index contributed by atoms with van der Waals surface area (Å²) in [6, 6.07) is 0. The van der Waals surface area contributed by atoms with Crippen molar-refractivity contribution in [2.75, 3.05) is 6.54 Å². The first-order chi connectivity index (χ1) is 12.9. The summed E-state index contributed by atoms with van der Waals surface area (Å²) >= 11 is 0. The van der Waals surface area contributed by atoms with Gasteiger partial charge >= 0.3 is 0 Å². The second-order valence-electron chi connectivity index (χ2n) is 7.74. The molecule has 0 bridgehead atoms. The number of pyridine rings is 1. The molecule has 2 heterocycles. The highest BCUT2D eigenvalue weighted by molar-refractivity contribution is 5.83. The van der Waals surface area contributed by atoms with Crippen LogP contribution in [0.2, 0.25) is 0 Å². The van der Waals surface area contributed by atoms with Crippen molar-refractivity contribution in [3.63, 3.8) is 0 Å². The van der Waals surface area contributed by atoms with Crippen LogP contribution in [0, 0.1) is 19.8 Å². The molecule has 0 saturated heterocycles. The zero-order chi connectivity index (χ0) is 19.6. The van der Waals surface area contributed by atoms with Crippen molar-refractivity contribution in [2.45, 2.75) is 64.9 Å². The molecular formula is C20H30N4O3. The normalized spacial score (nSPS) is 19.7. The summed E-state index contributed by atoms with van der Waals surface area (Å²) in [5, 5.41) is 18.1. The van der Waals surface area contributed by atoms with Gasteiger partial charge in [0.1, 0.15) is 5.65 Å². The molecule has 1 amide bonds. The molecule has 2 atom stereocenters. The number of rotatable bonds is 7.